The van der Waals surface area contributed by atoms with Crippen molar-refractivity contribution in [1.29, 1.82) is 0 Å². The van der Waals surface area contributed by atoms with Crippen molar-refractivity contribution in [1.82, 2.24) is 0 Å². The maximum atomic E-state index is 13.4. The SMILES string of the molecule is CC1CCC(CCCCC2CCC(c3cc(F)c(F)c(F)c3)CC2)CC1. The smallest absolute Gasteiger partial charge is 0.194 e. The molecule has 0 nitrogen and oxygen atoms in total. The van der Waals surface area contributed by atoms with E-state index in [-0.39, 0.29) is 5.92 Å². The quantitative estimate of drug-likeness (QED) is 0.356. The number of unbranched alkanes of at least 4 members (excludes halogenated alkanes) is 1. The topological polar surface area (TPSA) is 0 Å². The van der Waals surface area contributed by atoms with Crippen molar-refractivity contribution in [3.8, 4) is 0 Å². The highest BCUT2D eigenvalue weighted by Crippen LogP contribution is 2.39. The van der Waals surface area contributed by atoms with Crippen molar-refractivity contribution in [2.24, 2.45) is 17.8 Å². The van der Waals surface area contributed by atoms with E-state index in [4.69, 9.17) is 0 Å². The molecule has 0 unspecified atom stereocenters. The molecule has 3 rings (SSSR count). The molecule has 0 heterocycles. The van der Waals surface area contributed by atoms with Gasteiger partial charge >= 0.3 is 0 Å². The predicted molar refractivity (Wildman–Crippen MR) is 101 cm³/mol. The minimum absolute atomic E-state index is 0.181. The number of hydrogen-bond donors (Lipinski definition) is 0. The van der Waals surface area contributed by atoms with Crippen LogP contribution in [-0.2, 0) is 0 Å². The van der Waals surface area contributed by atoms with Crippen molar-refractivity contribution < 1.29 is 13.2 Å². The first-order chi connectivity index (χ1) is 12.5. The second kappa shape index (κ2) is 9.28. The molecule has 2 aliphatic carbocycles. The first-order valence-electron chi connectivity index (χ1n) is 10.7. The molecule has 1 aromatic carbocycles. The normalized spacial score (nSPS) is 29.7. The summed E-state index contributed by atoms with van der Waals surface area (Å²) in [5.41, 5.74) is 0.631. The zero-order valence-corrected chi connectivity index (χ0v) is 16.1. The summed E-state index contributed by atoms with van der Waals surface area (Å²) in [7, 11) is 0. The van der Waals surface area contributed by atoms with Crippen molar-refractivity contribution in [2.45, 2.75) is 89.9 Å². The Kier molecular flexibility index (Phi) is 7.05. The Labute approximate surface area is 156 Å². The van der Waals surface area contributed by atoms with E-state index in [1.807, 2.05) is 0 Å². The molecule has 0 aromatic heterocycles. The molecule has 0 saturated heterocycles. The third kappa shape index (κ3) is 5.27. The Balaban J connectivity index is 1.35. The number of hydrogen-bond acceptors (Lipinski definition) is 0. The van der Waals surface area contributed by atoms with Gasteiger partial charge in [-0.2, -0.15) is 0 Å². The van der Waals surface area contributed by atoms with Crippen LogP contribution in [0.3, 0.4) is 0 Å². The Hall–Kier alpha value is -0.990. The van der Waals surface area contributed by atoms with Crippen LogP contribution in [0.1, 0.15) is 95.5 Å². The first-order valence-corrected chi connectivity index (χ1v) is 10.7. The van der Waals surface area contributed by atoms with Gasteiger partial charge in [0.2, 0.25) is 0 Å². The van der Waals surface area contributed by atoms with Crippen LogP contribution in [-0.4, -0.2) is 0 Å². The maximum absolute atomic E-state index is 13.4. The van der Waals surface area contributed by atoms with E-state index in [1.54, 1.807) is 0 Å². The van der Waals surface area contributed by atoms with Gasteiger partial charge in [-0.1, -0.05) is 58.3 Å². The lowest BCUT2D eigenvalue weighted by atomic mass is 9.76. The summed E-state index contributed by atoms with van der Waals surface area (Å²) in [6.45, 7) is 2.38. The van der Waals surface area contributed by atoms with Gasteiger partial charge in [-0.05, 0) is 67.1 Å². The fraction of sp³-hybridized carbons (Fsp3) is 0.739. The summed E-state index contributed by atoms with van der Waals surface area (Å²) < 4.78 is 40.0. The Morgan fingerprint density at radius 2 is 1.19 bits per heavy atom. The van der Waals surface area contributed by atoms with E-state index in [0.717, 1.165) is 43.4 Å². The molecule has 26 heavy (non-hydrogen) atoms. The number of benzene rings is 1. The number of halogens is 3. The number of rotatable bonds is 6. The lowest BCUT2D eigenvalue weighted by Crippen LogP contribution is -2.14. The van der Waals surface area contributed by atoms with Gasteiger partial charge in [0, 0.05) is 0 Å². The van der Waals surface area contributed by atoms with E-state index < -0.39 is 17.5 Å². The highest BCUT2D eigenvalue weighted by molar-refractivity contribution is 5.23. The molecular formula is C23H33F3. The molecule has 0 aliphatic heterocycles. The summed E-state index contributed by atoms with van der Waals surface area (Å²) >= 11 is 0. The maximum Gasteiger partial charge on any atom is 0.194 e. The van der Waals surface area contributed by atoms with Crippen molar-refractivity contribution in [2.75, 3.05) is 0 Å². The van der Waals surface area contributed by atoms with E-state index >= 15 is 0 Å². The zero-order chi connectivity index (χ0) is 18.5. The average Bonchev–Trinajstić information content (AvgIpc) is 2.65. The summed E-state index contributed by atoms with van der Waals surface area (Å²) in [6.07, 6.45) is 15.3. The predicted octanol–water partition coefficient (Wildman–Crippen LogP) is 7.76. The third-order valence-electron chi connectivity index (χ3n) is 6.93. The summed E-state index contributed by atoms with van der Waals surface area (Å²) in [5, 5.41) is 0. The minimum atomic E-state index is -1.35. The average molecular weight is 367 g/mol. The van der Waals surface area contributed by atoms with Crippen LogP contribution >= 0.6 is 0 Å². The molecule has 1 aromatic rings. The highest BCUT2D eigenvalue weighted by atomic mass is 19.2. The lowest BCUT2D eigenvalue weighted by molar-refractivity contribution is 0.262. The Bertz CT molecular complexity index is 544. The van der Waals surface area contributed by atoms with Crippen LogP contribution in [0.5, 0.6) is 0 Å². The van der Waals surface area contributed by atoms with E-state index in [0.29, 0.717) is 5.56 Å². The Morgan fingerprint density at radius 3 is 1.69 bits per heavy atom. The standard InChI is InChI=1S/C23H33F3/c1-16-6-8-17(9-7-16)4-2-3-5-18-10-12-19(13-11-18)20-14-21(24)23(26)22(25)15-20/h14-19H,2-13H2,1H3. The van der Waals surface area contributed by atoms with E-state index in [9.17, 15) is 13.2 Å². The van der Waals surface area contributed by atoms with Crippen LogP contribution in [0.15, 0.2) is 12.1 Å². The van der Waals surface area contributed by atoms with Gasteiger partial charge in [0.25, 0.3) is 0 Å². The molecule has 2 aliphatic rings. The largest absolute Gasteiger partial charge is 0.204 e. The van der Waals surface area contributed by atoms with Crippen LogP contribution in [0, 0.1) is 35.2 Å². The zero-order valence-electron chi connectivity index (χ0n) is 16.1. The Morgan fingerprint density at radius 1 is 0.731 bits per heavy atom. The van der Waals surface area contributed by atoms with Crippen molar-refractivity contribution >= 4 is 0 Å². The second-order valence-electron chi connectivity index (χ2n) is 8.93. The summed E-state index contributed by atoms with van der Waals surface area (Å²) in [4.78, 5) is 0. The molecule has 2 fully saturated rings. The fourth-order valence-electron chi connectivity index (χ4n) is 5.08. The van der Waals surface area contributed by atoms with Crippen LogP contribution in [0.2, 0.25) is 0 Å². The summed E-state index contributed by atoms with van der Waals surface area (Å²) in [6, 6.07) is 2.38. The molecule has 3 heteroatoms. The van der Waals surface area contributed by atoms with Crippen LogP contribution in [0.25, 0.3) is 0 Å². The van der Waals surface area contributed by atoms with Gasteiger partial charge in [0.1, 0.15) is 0 Å². The van der Waals surface area contributed by atoms with E-state index in [1.165, 1.54) is 63.5 Å². The van der Waals surface area contributed by atoms with Gasteiger partial charge in [0.05, 0.1) is 0 Å². The molecule has 2 saturated carbocycles. The molecule has 0 radical (unpaired) electrons. The monoisotopic (exact) mass is 366 g/mol. The summed E-state index contributed by atoms with van der Waals surface area (Å²) in [5.74, 6) is -0.629. The second-order valence-corrected chi connectivity index (χ2v) is 8.93. The molecule has 0 N–H and O–H groups in total. The lowest BCUT2D eigenvalue weighted by Gasteiger charge is -2.29. The van der Waals surface area contributed by atoms with Crippen molar-refractivity contribution in [3.05, 3.63) is 35.1 Å². The van der Waals surface area contributed by atoms with Gasteiger partial charge < -0.3 is 0 Å². The molecular weight excluding hydrogens is 333 g/mol. The van der Waals surface area contributed by atoms with Gasteiger partial charge in [0.15, 0.2) is 17.5 Å². The third-order valence-corrected chi connectivity index (χ3v) is 6.93. The molecule has 0 amide bonds. The minimum Gasteiger partial charge on any atom is -0.204 e. The molecule has 0 bridgehead atoms. The fourth-order valence-corrected chi connectivity index (χ4v) is 5.08. The molecule has 0 atom stereocenters. The van der Waals surface area contributed by atoms with Crippen molar-refractivity contribution in [3.63, 3.8) is 0 Å². The van der Waals surface area contributed by atoms with Gasteiger partial charge in [-0.25, -0.2) is 13.2 Å². The van der Waals surface area contributed by atoms with E-state index in [2.05, 4.69) is 6.92 Å². The molecule has 146 valence electrons. The first kappa shape index (κ1) is 19.8. The van der Waals surface area contributed by atoms with Gasteiger partial charge in [-0.15, -0.1) is 0 Å². The highest BCUT2D eigenvalue weighted by Gasteiger charge is 2.24. The van der Waals surface area contributed by atoms with Crippen LogP contribution < -0.4 is 0 Å². The van der Waals surface area contributed by atoms with Gasteiger partial charge in [-0.3, -0.25) is 0 Å². The molecule has 0 spiro atoms. The van der Waals surface area contributed by atoms with Crippen LogP contribution in [0.4, 0.5) is 13.2 Å².